The Labute approximate surface area is 100.0 Å². The van der Waals surface area contributed by atoms with Gasteiger partial charge in [-0.25, -0.2) is 0 Å². The van der Waals surface area contributed by atoms with Crippen molar-refractivity contribution in [2.24, 2.45) is 11.7 Å². The minimum Gasteiger partial charge on any atom is -0.324 e. The average molecular weight is 225 g/mol. The van der Waals surface area contributed by atoms with Gasteiger partial charge in [0.05, 0.1) is 0 Å². The van der Waals surface area contributed by atoms with E-state index in [9.17, 15) is 0 Å². The van der Waals surface area contributed by atoms with E-state index >= 15 is 0 Å². The number of nitrogens with two attached hydrogens (primary N) is 1. The van der Waals surface area contributed by atoms with Gasteiger partial charge in [0.1, 0.15) is 0 Å². The predicted octanol–water partition coefficient (Wildman–Crippen LogP) is 1.14. The molecule has 0 aromatic rings. The molecule has 1 saturated carbocycles. The molecule has 0 spiro atoms. The van der Waals surface area contributed by atoms with Crippen LogP contribution in [0.15, 0.2) is 0 Å². The molecule has 0 radical (unpaired) electrons. The smallest absolute Gasteiger partial charge is 0.0283 e. The Hall–Kier alpha value is -0.120. The third kappa shape index (κ3) is 3.44. The summed E-state index contributed by atoms with van der Waals surface area (Å²) in [4.78, 5) is 4.98. The van der Waals surface area contributed by atoms with Crippen molar-refractivity contribution in [2.75, 3.05) is 39.8 Å². The molecule has 16 heavy (non-hydrogen) atoms. The summed E-state index contributed by atoms with van der Waals surface area (Å²) < 4.78 is 0. The molecule has 0 bridgehead atoms. The number of likely N-dealkylation sites (tertiary alicyclic amines) is 1. The second kappa shape index (κ2) is 5.03. The minimum absolute atomic E-state index is 0.0414. The molecule has 1 saturated heterocycles. The summed E-state index contributed by atoms with van der Waals surface area (Å²) in [6, 6.07) is 0. The van der Waals surface area contributed by atoms with Crippen molar-refractivity contribution in [3.05, 3.63) is 0 Å². The average Bonchev–Trinajstić information content (AvgIpc) is 2.94. The molecule has 3 heteroatoms. The van der Waals surface area contributed by atoms with E-state index in [1.807, 2.05) is 0 Å². The summed E-state index contributed by atoms with van der Waals surface area (Å²) in [7, 11) is 2.21. The van der Waals surface area contributed by atoms with Gasteiger partial charge >= 0.3 is 0 Å². The lowest BCUT2D eigenvalue weighted by atomic mass is 9.97. The normalized spacial score (nSPS) is 26.2. The molecule has 1 atom stereocenters. The summed E-state index contributed by atoms with van der Waals surface area (Å²) in [6.07, 6.45) is 5.46. The van der Waals surface area contributed by atoms with Crippen molar-refractivity contribution in [2.45, 2.75) is 38.1 Å². The molecule has 3 nitrogen and oxygen atoms in total. The monoisotopic (exact) mass is 225 g/mol. The van der Waals surface area contributed by atoms with Gasteiger partial charge < -0.3 is 15.5 Å². The van der Waals surface area contributed by atoms with E-state index in [2.05, 4.69) is 23.8 Å². The Balaban J connectivity index is 1.65. The summed E-state index contributed by atoms with van der Waals surface area (Å²) >= 11 is 0. The molecule has 2 aliphatic rings. The van der Waals surface area contributed by atoms with Crippen LogP contribution < -0.4 is 5.73 Å². The Morgan fingerprint density at radius 1 is 1.31 bits per heavy atom. The van der Waals surface area contributed by atoms with Gasteiger partial charge in [-0.2, -0.15) is 0 Å². The first-order valence-electron chi connectivity index (χ1n) is 6.78. The number of hydrogen-bond acceptors (Lipinski definition) is 3. The van der Waals surface area contributed by atoms with Crippen molar-refractivity contribution < 1.29 is 0 Å². The Morgan fingerprint density at radius 2 is 1.94 bits per heavy atom. The van der Waals surface area contributed by atoms with Crippen LogP contribution in [-0.2, 0) is 0 Å². The summed E-state index contributed by atoms with van der Waals surface area (Å²) in [5, 5.41) is 0. The minimum atomic E-state index is 0.0414. The molecule has 2 fully saturated rings. The fourth-order valence-corrected chi connectivity index (χ4v) is 2.85. The lowest BCUT2D eigenvalue weighted by Crippen LogP contribution is -2.49. The highest BCUT2D eigenvalue weighted by Crippen LogP contribution is 2.38. The van der Waals surface area contributed by atoms with Gasteiger partial charge in [0.25, 0.3) is 0 Å². The van der Waals surface area contributed by atoms with Gasteiger partial charge in [-0.1, -0.05) is 0 Å². The van der Waals surface area contributed by atoms with Gasteiger partial charge in [-0.3, -0.25) is 0 Å². The van der Waals surface area contributed by atoms with E-state index < -0.39 is 0 Å². The molecule has 0 amide bonds. The quantitative estimate of drug-likeness (QED) is 0.736. The third-order valence-corrected chi connectivity index (χ3v) is 4.12. The van der Waals surface area contributed by atoms with Crippen LogP contribution in [0.2, 0.25) is 0 Å². The second-order valence-electron chi connectivity index (χ2n) is 6.07. The molecule has 94 valence electrons. The van der Waals surface area contributed by atoms with E-state index in [1.54, 1.807) is 0 Å². The van der Waals surface area contributed by atoms with Crippen molar-refractivity contribution in [3.63, 3.8) is 0 Å². The summed E-state index contributed by atoms with van der Waals surface area (Å²) in [5.41, 5.74) is 6.39. The highest BCUT2D eigenvalue weighted by atomic mass is 15.2. The summed E-state index contributed by atoms with van der Waals surface area (Å²) in [6.45, 7) is 8.26. The third-order valence-electron chi connectivity index (χ3n) is 4.12. The Kier molecular flexibility index (Phi) is 3.88. The first kappa shape index (κ1) is 12.3. The molecule has 2 N–H and O–H groups in total. The maximum absolute atomic E-state index is 6.35. The zero-order valence-electron chi connectivity index (χ0n) is 10.9. The SMILES string of the molecule is CN(CCN1CCCC1)CC(C)(N)C1CC1. The Bertz CT molecular complexity index is 217. The fraction of sp³-hybridized carbons (Fsp3) is 1.00. The molecular weight excluding hydrogens is 198 g/mol. The predicted molar refractivity (Wildman–Crippen MR) is 68.5 cm³/mol. The van der Waals surface area contributed by atoms with Crippen LogP contribution in [0.5, 0.6) is 0 Å². The maximum Gasteiger partial charge on any atom is 0.0283 e. The van der Waals surface area contributed by atoms with E-state index in [-0.39, 0.29) is 5.54 Å². The van der Waals surface area contributed by atoms with Gasteiger partial charge in [-0.15, -0.1) is 0 Å². The second-order valence-corrected chi connectivity index (χ2v) is 6.07. The highest BCUT2D eigenvalue weighted by Gasteiger charge is 2.38. The van der Waals surface area contributed by atoms with E-state index in [1.165, 1.54) is 51.9 Å². The number of rotatable bonds is 6. The topological polar surface area (TPSA) is 32.5 Å². The van der Waals surface area contributed by atoms with Crippen LogP contribution in [0.4, 0.5) is 0 Å². The van der Waals surface area contributed by atoms with Gasteiger partial charge in [0.15, 0.2) is 0 Å². The van der Waals surface area contributed by atoms with Crippen LogP contribution in [0, 0.1) is 5.92 Å². The fourth-order valence-electron chi connectivity index (χ4n) is 2.85. The highest BCUT2D eigenvalue weighted by molar-refractivity contribution is 4.96. The van der Waals surface area contributed by atoms with E-state index in [4.69, 9.17) is 5.73 Å². The van der Waals surface area contributed by atoms with Crippen molar-refractivity contribution >= 4 is 0 Å². The van der Waals surface area contributed by atoms with Gasteiger partial charge in [0.2, 0.25) is 0 Å². The standard InChI is InChI=1S/C13H27N3/c1-13(14,12-5-6-12)11-15(2)9-10-16-7-3-4-8-16/h12H,3-11,14H2,1-2H3. The molecule has 1 aliphatic heterocycles. The molecule has 1 unspecified atom stereocenters. The largest absolute Gasteiger partial charge is 0.324 e. The first-order chi connectivity index (χ1) is 7.58. The summed E-state index contributed by atoms with van der Waals surface area (Å²) in [5.74, 6) is 0.779. The van der Waals surface area contributed by atoms with Crippen molar-refractivity contribution in [1.82, 2.24) is 9.80 Å². The van der Waals surface area contributed by atoms with Crippen LogP contribution in [0.25, 0.3) is 0 Å². The molecule has 1 heterocycles. The van der Waals surface area contributed by atoms with Crippen LogP contribution in [-0.4, -0.2) is 55.1 Å². The zero-order valence-corrected chi connectivity index (χ0v) is 10.9. The van der Waals surface area contributed by atoms with Crippen LogP contribution in [0.3, 0.4) is 0 Å². The molecule has 0 aromatic heterocycles. The zero-order chi connectivity index (χ0) is 11.6. The van der Waals surface area contributed by atoms with Gasteiger partial charge in [-0.05, 0) is 58.7 Å². The van der Waals surface area contributed by atoms with Crippen LogP contribution in [0.1, 0.15) is 32.6 Å². The molecule has 2 rings (SSSR count). The van der Waals surface area contributed by atoms with Gasteiger partial charge in [0, 0.05) is 25.2 Å². The lowest BCUT2D eigenvalue weighted by molar-refractivity contribution is 0.208. The van der Waals surface area contributed by atoms with E-state index in [0.29, 0.717) is 0 Å². The van der Waals surface area contributed by atoms with E-state index in [0.717, 1.165) is 12.5 Å². The Morgan fingerprint density at radius 3 is 2.50 bits per heavy atom. The number of nitrogens with zero attached hydrogens (tertiary/aromatic N) is 2. The van der Waals surface area contributed by atoms with Crippen molar-refractivity contribution in [1.29, 1.82) is 0 Å². The molecule has 1 aliphatic carbocycles. The molecule has 0 aromatic carbocycles. The maximum atomic E-state index is 6.35. The van der Waals surface area contributed by atoms with Crippen LogP contribution >= 0.6 is 0 Å². The number of likely N-dealkylation sites (N-methyl/N-ethyl adjacent to an activating group) is 1. The lowest BCUT2D eigenvalue weighted by Gasteiger charge is -2.31. The molecular formula is C13H27N3. The van der Waals surface area contributed by atoms with Crippen molar-refractivity contribution in [3.8, 4) is 0 Å². The first-order valence-corrected chi connectivity index (χ1v) is 6.78. The number of hydrogen-bond donors (Lipinski definition) is 1.